The topological polar surface area (TPSA) is 21.3 Å². The molecule has 1 N–H and O–H groups in total. The zero-order chi connectivity index (χ0) is 14.5. The van der Waals surface area contributed by atoms with Crippen molar-refractivity contribution in [1.29, 1.82) is 0 Å². The molecular weight excluding hydrogens is 290 g/mol. The number of hydrogen-bond donors (Lipinski definition) is 1. The number of rotatable bonds is 6. The van der Waals surface area contributed by atoms with Gasteiger partial charge in [-0.25, -0.2) is 0 Å². The molecule has 108 valence electrons. The van der Waals surface area contributed by atoms with Crippen LogP contribution in [0.4, 0.5) is 0 Å². The zero-order valence-corrected chi connectivity index (χ0v) is 13.6. The number of benzene rings is 1. The smallest absolute Gasteiger partial charge is 0.123 e. The molecule has 1 aromatic carbocycles. The lowest BCUT2D eigenvalue weighted by molar-refractivity contribution is 0.405. The molecule has 0 fully saturated rings. The predicted octanol–water partition coefficient (Wildman–Crippen LogP) is 4.44. The van der Waals surface area contributed by atoms with Gasteiger partial charge in [0.05, 0.1) is 7.11 Å². The van der Waals surface area contributed by atoms with Gasteiger partial charge in [-0.3, -0.25) is 0 Å². The average molecular weight is 310 g/mol. The fraction of sp³-hybridized carbons (Fsp3) is 0.375. The fourth-order valence-corrected chi connectivity index (χ4v) is 3.35. The normalized spacial score (nSPS) is 12.4. The minimum atomic E-state index is 0.414. The molecule has 0 spiro atoms. The third-order valence-electron chi connectivity index (χ3n) is 3.19. The Balaban J connectivity index is 1.92. The number of hydrogen-bond acceptors (Lipinski definition) is 3. The fourth-order valence-electron chi connectivity index (χ4n) is 2.14. The molecule has 0 amide bonds. The van der Waals surface area contributed by atoms with Crippen LogP contribution in [-0.2, 0) is 13.0 Å². The Hall–Kier alpha value is -1.03. The minimum absolute atomic E-state index is 0.414. The van der Waals surface area contributed by atoms with E-state index < -0.39 is 0 Å². The molecule has 0 aliphatic heterocycles. The van der Waals surface area contributed by atoms with Crippen molar-refractivity contribution in [2.45, 2.75) is 32.9 Å². The van der Waals surface area contributed by atoms with Crippen molar-refractivity contribution in [2.75, 3.05) is 7.11 Å². The van der Waals surface area contributed by atoms with E-state index in [1.165, 1.54) is 9.75 Å². The molecule has 0 aliphatic rings. The summed E-state index contributed by atoms with van der Waals surface area (Å²) >= 11 is 7.90. The van der Waals surface area contributed by atoms with Crippen molar-refractivity contribution >= 4 is 22.9 Å². The second kappa shape index (κ2) is 7.11. The molecule has 1 aromatic heterocycles. The summed E-state index contributed by atoms with van der Waals surface area (Å²) < 4.78 is 5.36. The van der Waals surface area contributed by atoms with Crippen LogP contribution in [0.1, 0.15) is 22.2 Å². The quantitative estimate of drug-likeness (QED) is 0.852. The van der Waals surface area contributed by atoms with Crippen molar-refractivity contribution in [1.82, 2.24) is 5.32 Å². The highest BCUT2D eigenvalue weighted by Crippen LogP contribution is 2.23. The predicted molar refractivity (Wildman–Crippen MR) is 87.1 cm³/mol. The maximum absolute atomic E-state index is 6.04. The van der Waals surface area contributed by atoms with E-state index >= 15 is 0 Å². The van der Waals surface area contributed by atoms with Crippen molar-refractivity contribution in [3.63, 3.8) is 0 Å². The summed E-state index contributed by atoms with van der Waals surface area (Å²) in [6, 6.07) is 10.5. The van der Waals surface area contributed by atoms with Crippen LogP contribution in [0.3, 0.4) is 0 Å². The van der Waals surface area contributed by atoms with Crippen molar-refractivity contribution < 1.29 is 4.74 Å². The van der Waals surface area contributed by atoms with E-state index in [1.54, 1.807) is 7.11 Å². The zero-order valence-electron chi connectivity index (χ0n) is 12.1. The van der Waals surface area contributed by atoms with Gasteiger partial charge in [-0.15, -0.1) is 11.3 Å². The Labute approximate surface area is 129 Å². The van der Waals surface area contributed by atoms with Gasteiger partial charge in [0, 0.05) is 32.9 Å². The summed E-state index contributed by atoms with van der Waals surface area (Å²) in [5.74, 6) is 0.876. The number of ether oxygens (including phenoxy) is 1. The van der Waals surface area contributed by atoms with Crippen LogP contribution in [0.15, 0.2) is 30.3 Å². The lowest BCUT2D eigenvalue weighted by Crippen LogP contribution is -2.27. The average Bonchev–Trinajstić information content (AvgIpc) is 2.82. The first-order valence-electron chi connectivity index (χ1n) is 6.69. The number of methoxy groups -OCH3 is 1. The first kappa shape index (κ1) is 15.4. The second-order valence-electron chi connectivity index (χ2n) is 4.95. The molecule has 1 unspecified atom stereocenters. The highest BCUT2D eigenvalue weighted by molar-refractivity contribution is 7.11. The lowest BCUT2D eigenvalue weighted by atomic mass is 10.1. The summed E-state index contributed by atoms with van der Waals surface area (Å²) in [4.78, 5) is 2.78. The molecule has 4 heteroatoms. The van der Waals surface area contributed by atoms with Crippen molar-refractivity contribution in [3.05, 3.63) is 50.7 Å². The van der Waals surface area contributed by atoms with Gasteiger partial charge in [0.2, 0.25) is 0 Å². The van der Waals surface area contributed by atoms with E-state index in [1.807, 2.05) is 29.5 Å². The third kappa shape index (κ3) is 4.23. The summed E-state index contributed by atoms with van der Waals surface area (Å²) in [5.41, 5.74) is 1.09. The second-order valence-corrected chi connectivity index (χ2v) is 6.76. The van der Waals surface area contributed by atoms with Gasteiger partial charge < -0.3 is 10.1 Å². The van der Waals surface area contributed by atoms with Crippen LogP contribution in [0.25, 0.3) is 0 Å². The number of halogens is 1. The number of aryl methyl sites for hydroxylation is 1. The molecule has 20 heavy (non-hydrogen) atoms. The van der Waals surface area contributed by atoms with Crippen LogP contribution in [0, 0.1) is 6.92 Å². The molecule has 2 aromatic rings. The van der Waals surface area contributed by atoms with Gasteiger partial charge >= 0.3 is 0 Å². The van der Waals surface area contributed by atoms with Crippen molar-refractivity contribution in [2.24, 2.45) is 0 Å². The summed E-state index contributed by atoms with van der Waals surface area (Å²) in [6.45, 7) is 5.10. The van der Waals surface area contributed by atoms with Gasteiger partial charge in [0.25, 0.3) is 0 Å². The van der Waals surface area contributed by atoms with Crippen LogP contribution >= 0.6 is 22.9 Å². The summed E-state index contributed by atoms with van der Waals surface area (Å²) in [7, 11) is 1.69. The van der Waals surface area contributed by atoms with Crippen LogP contribution in [0.2, 0.25) is 5.02 Å². The van der Waals surface area contributed by atoms with E-state index in [0.29, 0.717) is 6.04 Å². The molecule has 1 atom stereocenters. The molecular formula is C16H20ClNOS. The lowest BCUT2D eigenvalue weighted by Gasteiger charge is -2.15. The largest absolute Gasteiger partial charge is 0.496 e. The summed E-state index contributed by atoms with van der Waals surface area (Å²) in [6.07, 6.45) is 1.04. The maximum Gasteiger partial charge on any atom is 0.123 e. The Kier molecular flexibility index (Phi) is 5.46. The highest BCUT2D eigenvalue weighted by atomic mass is 35.5. The molecule has 0 saturated heterocycles. The first-order valence-corrected chi connectivity index (χ1v) is 7.89. The van der Waals surface area contributed by atoms with Gasteiger partial charge in [-0.2, -0.15) is 0 Å². The van der Waals surface area contributed by atoms with E-state index in [9.17, 15) is 0 Å². The Morgan fingerprint density at radius 3 is 2.75 bits per heavy atom. The van der Waals surface area contributed by atoms with Crippen LogP contribution in [-0.4, -0.2) is 13.2 Å². The molecule has 0 aliphatic carbocycles. The number of thiophene rings is 1. The third-order valence-corrected chi connectivity index (χ3v) is 4.44. The van der Waals surface area contributed by atoms with Gasteiger partial charge in [-0.05, 0) is 50.6 Å². The Morgan fingerprint density at radius 2 is 2.10 bits per heavy atom. The Morgan fingerprint density at radius 1 is 1.30 bits per heavy atom. The molecule has 0 saturated carbocycles. The summed E-state index contributed by atoms with van der Waals surface area (Å²) in [5, 5.41) is 4.27. The maximum atomic E-state index is 6.04. The van der Waals surface area contributed by atoms with Crippen LogP contribution in [0.5, 0.6) is 5.75 Å². The minimum Gasteiger partial charge on any atom is -0.496 e. The standard InChI is InChI=1S/C16H20ClNOS/c1-11(8-15-6-4-12(2)20-15)18-10-13-9-14(17)5-7-16(13)19-3/h4-7,9,11,18H,8,10H2,1-3H3. The van der Waals surface area contributed by atoms with E-state index in [4.69, 9.17) is 16.3 Å². The van der Waals surface area contributed by atoms with E-state index in [2.05, 4.69) is 31.3 Å². The Bertz CT molecular complexity index is 567. The molecule has 0 bridgehead atoms. The molecule has 2 nitrogen and oxygen atoms in total. The number of nitrogens with one attached hydrogen (secondary N) is 1. The SMILES string of the molecule is COc1ccc(Cl)cc1CNC(C)Cc1ccc(C)s1. The van der Waals surface area contributed by atoms with Gasteiger partial charge in [0.1, 0.15) is 5.75 Å². The monoisotopic (exact) mass is 309 g/mol. The highest BCUT2D eigenvalue weighted by Gasteiger charge is 2.08. The van der Waals surface area contributed by atoms with Gasteiger partial charge in [-0.1, -0.05) is 11.6 Å². The van der Waals surface area contributed by atoms with Crippen molar-refractivity contribution in [3.8, 4) is 5.75 Å². The molecule has 0 radical (unpaired) electrons. The van der Waals surface area contributed by atoms with Gasteiger partial charge in [0.15, 0.2) is 0 Å². The molecule has 1 heterocycles. The van der Waals surface area contributed by atoms with Crippen LogP contribution < -0.4 is 10.1 Å². The van der Waals surface area contributed by atoms with E-state index in [-0.39, 0.29) is 0 Å². The molecule has 2 rings (SSSR count). The first-order chi connectivity index (χ1) is 9.58. The van der Waals surface area contributed by atoms with E-state index in [0.717, 1.165) is 29.3 Å².